The second-order valence-corrected chi connectivity index (χ2v) is 5.23. The summed E-state index contributed by atoms with van der Waals surface area (Å²) < 4.78 is 6.47. The average Bonchev–Trinajstić information content (AvgIpc) is 2.85. The lowest BCUT2D eigenvalue weighted by molar-refractivity contribution is 0.312. The zero-order chi connectivity index (χ0) is 13.9. The van der Waals surface area contributed by atoms with Crippen molar-refractivity contribution in [2.45, 2.75) is 6.92 Å². The van der Waals surface area contributed by atoms with E-state index >= 15 is 0 Å². The maximum atomic E-state index is 5.85. The van der Waals surface area contributed by atoms with Gasteiger partial charge in [0.25, 0.3) is 0 Å². The van der Waals surface area contributed by atoms with Crippen LogP contribution in [0.1, 0.15) is 6.92 Å². The number of aromatic nitrogens is 3. The summed E-state index contributed by atoms with van der Waals surface area (Å²) in [6.45, 7) is 2.33. The van der Waals surface area contributed by atoms with Gasteiger partial charge in [0, 0.05) is 10.4 Å². The molecule has 0 bridgehead atoms. The third-order valence-electron chi connectivity index (χ3n) is 2.57. The Bertz CT molecular complexity index is 746. The van der Waals surface area contributed by atoms with E-state index in [4.69, 9.17) is 16.3 Å². The summed E-state index contributed by atoms with van der Waals surface area (Å²) in [5.41, 5.74) is 0.889. The maximum absolute atomic E-state index is 5.85. The lowest BCUT2D eigenvalue weighted by Gasteiger charge is -2.07. The minimum Gasteiger partial charge on any atom is -0.464 e. The highest BCUT2D eigenvalue weighted by Crippen LogP contribution is 2.25. The first-order chi connectivity index (χ1) is 9.74. The monoisotopic (exact) mass is 306 g/mol. The van der Waals surface area contributed by atoms with Crippen molar-refractivity contribution < 1.29 is 4.74 Å². The highest BCUT2D eigenvalue weighted by atomic mass is 35.5. The standard InChI is InChI=1S/C13H11ClN4OS/c1-2-19-13-17-11(14)16-12(18-13)15-9-3-4-10-8(7-9)5-6-20-10/h3-7H,2H2,1H3,(H,15,16,17,18). The largest absolute Gasteiger partial charge is 0.464 e. The van der Waals surface area contributed by atoms with Crippen molar-refractivity contribution in [3.05, 3.63) is 34.9 Å². The van der Waals surface area contributed by atoms with Crippen LogP contribution in [0, 0.1) is 0 Å². The van der Waals surface area contributed by atoms with E-state index in [-0.39, 0.29) is 11.3 Å². The molecule has 0 unspecified atom stereocenters. The number of anilines is 2. The van der Waals surface area contributed by atoms with Gasteiger partial charge in [-0.3, -0.25) is 0 Å². The van der Waals surface area contributed by atoms with Gasteiger partial charge in [0.1, 0.15) is 0 Å². The highest BCUT2D eigenvalue weighted by molar-refractivity contribution is 7.17. The second kappa shape index (κ2) is 5.60. The molecule has 0 fully saturated rings. The fourth-order valence-electron chi connectivity index (χ4n) is 1.75. The second-order valence-electron chi connectivity index (χ2n) is 3.94. The van der Waals surface area contributed by atoms with E-state index in [1.165, 1.54) is 10.1 Å². The van der Waals surface area contributed by atoms with Crippen molar-refractivity contribution in [1.29, 1.82) is 0 Å². The van der Waals surface area contributed by atoms with Crippen molar-refractivity contribution in [2.75, 3.05) is 11.9 Å². The summed E-state index contributed by atoms with van der Waals surface area (Å²) in [4.78, 5) is 12.1. The van der Waals surface area contributed by atoms with Crippen LogP contribution in [0.15, 0.2) is 29.6 Å². The van der Waals surface area contributed by atoms with Crippen LogP contribution in [0.2, 0.25) is 5.28 Å². The average molecular weight is 307 g/mol. The van der Waals surface area contributed by atoms with Crippen molar-refractivity contribution in [2.24, 2.45) is 0 Å². The molecule has 102 valence electrons. The van der Waals surface area contributed by atoms with Crippen LogP contribution in [-0.2, 0) is 0 Å². The summed E-state index contributed by atoms with van der Waals surface area (Å²) >= 11 is 7.55. The molecule has 0 amide bonds. The van der Waals surface area contributed by atoms with Crippen LogP contribution >= 0.6 is 22.9 Å². The number of nitrogens with zero attached hydrogens (tertiary/aromatic N) is 3. The molecule has 20 heavy (non-hydrogen) atoms. The van der Waals surface area contributed by atoms with Crippen molar-refractivity contribution in [3.8, 4) is 6.01 Å². The molecule has 3 rings (SSSR count). The molecule has 0 aliphatic carbocycles. The Hall–Kier alpha value is -1.92. The van der Waals surface area contributed by atoms with Crippen LogP contribution in [0.3, 0.4) is 0 Å². The molecule has 0 aliphatic rings. The molecule has 7 heteroatoms. The summed E-state index contributed by atoms with van der Waals surface area (Å²) in [6.07, 6.45) is 0. The van der Waals surface area contributed by atoms with Gasteiger partial charge in [-0.1, -0.05) is 0 Å². The van der Waals surface area contributed by atoms with Gasteiger partial charge in [0.15, 0.2) is 0 Å². The third-order valence-corrected chi connectivity index (χ3v) is 3.64. The fraction of sp³-hybridized carbons (Fsp3) is 0.154. The molecular formula is C13H11ClN4OS. The predicted molar refractivity (Wildman–Crippen MR) is 81.1 cm³/mol. The summed E-state index contributed by atoms with van der Waals surface area (Å²) in [5.74, 6) is 0.364. The number of hydrogen-bond acceptors (Lipinski definition) is 6. The number of ether oxygens (including phenoxy) is 1. The summed E-state index contributed by atoms with van der Waals surface area (Å²) in [7, 11) is 0. The molecule has 3 aromatic rings. The van der Waals surface area contributed by atoms with E-state index in [1.54, 1.807) is 11.3 Å². The Labute approximate surface area is 124 Å². The molecule has 2 heterocycles. The molecule has 2 aromatic heterocycles. The Morgan fingerprint density at radius 1 is 1.25 bits per heavy atom. The molecule has 0 atom stereocenters. The number of hydrogen-bond donors (Lipinski definition) is 1. The first-order valence-corrected chi connectivity index (χ1v) is 7.29. The quantitative estimate of drug-likeness (QED) is 0.792. The Balaban J connectivity index is 1.89. The number of benzene rings is 1. The zero-order valence-corrected chi connectivity index (χ0v) is 12.2. The lowest BCUT2D eigenvalue weighted by Crippen LogP contribution is -2.03. The van der Waals surface area contributed by atoms with Gasteiger partial charge in [0.2, 0.25) is 11.2 Å². The van der Waals surface area contributed by atoms with Crippen molar-refractivity contribution in [1.82, 2.24) is 15.0 Å². The fourth-order valence-corrected chi connectivity index (χ4v) is 2.68. The van der Waals surface area contributed by atoms with Gasteiger partial charge in [-0.05, 0) is 53.6 Å². The van der Waals surface area contributed by atoms with E-state index in [1.807, 2.05) is 19.1 Å². The van der Waals surface area contributed by atoms with E-state index in [9.17, 15) is 0 Å². The van der Waals surface area contributed by atoms with E-state index in [2.05, 4.69) is 37.8 Å². The molecule has 0 aliphatic heterocycles. The van der Waals surface area contributed by atoms with Crippen molar-refractivity contribution >= 4 is 44.7 Å². The van der Waals surface area contributed by atoms with E-state index < -0.39 is 0 Å². The Kier molecular flexibility index (Phi) is 3.66. The molecular weight excluding hydrogens is 296 g/mol. The zero-order valence-electron chi connectivity index (χ0n) is 10.6. The first-order valence-electron chi connectivity index (χ1n) is 6.03. The Morgan fingerprint density at radius 2 is 2.15 bits per heavy atom. The van der Waals surface area contributed by atoms with Gasteiger partial charge in [-0.25, -0.2) is 0 Å². The van der Waals surface area contributed by atoms with Crippen LogP contribution in [0.5, 0.6) is 6.01 Å². The van der Waals surface area contributed by atoms with E-state index in [0.717, 1.165) is 5.69 Å². The highest BCUT2D eigenvalue weighted by Gasteiger charge is 2.06. The number of nitrogens with one attached hydrogen (secondary N) is 1. The van der Waals surface area contributed by atoms with Gasteiger partial charge in [-0.2, -0.15) is 15.0 Å². The predicted octanol–water partition coefficient (Wildman–Crippen LogP) is 3.88. The first kappa shape index (κ1) is 13.1. The molecule has 0 spiro atoms. The molecule has 1 N–H and O–H groups in total. The van der Waals surface area contributed by atoms with Gasteiger partial charge in [0.05, 0.1) is 6.61 Å². The van der Waals surface area contributed by atoms with E-state index in [0.29, 0.717) is 12.6 Å². The van der Waals surface area contributed by atoms with Gasteiger partial charge >= 0.3 is 6.01 Å². The number of fused-ring (bicyclic) bond motifs is 1. The Morgan fingerprint density at radius 3 is 3.00 bits per heavy atom. The normalized spacial score (nSPS) is 10.7. The number of thiophene rings is 1. The minimum absolute atomic E-state index is 0.0996. The minimum atomic E-state index is 0.0996. The molecule has 0 saturated heterocycles. The maximum Gasteiger partial charge on any atom is 0.322 e. The topological polar surface area (TPSA) is 59.9 Å². The van der Waals surface area contributed by atoms with Crippen LogP contribution in [-0.4, -0.2) is 21.6 Å². The molecule has 1 aromatic carbocycles. The van der Waals surface area contributed by atoms with Crippen LogP contribution in [0.25, 0.3) is 10.1 Å². The van der Waals surface area contributed by atoms with Crippen molar-refractivity contribution in [3.63, 3.8) is 0 Å². The van der Waals surface area contributed by atoms with Crippen LogP contribution < -0.4 is 10.1 Å². The summed E-state index contributed by atoms with van der Waals surface area (Å²) in [5, 5.41) is 6.43. The number of rotatable bonds is 4. The lowest BCUT2D eigenvalue weighted by atomic mass is 10.2. The molecule has 5 nitrogen and oxygen atoms in total. The smallest absolute Gasteiger partial charge is 0.322 e. The van der Waals surface area contributed by atoms with Crippen LogP contribution in [0.4, 0.5) is 11.6 Å². The number of halogens is 1. The third kappa shape index (κ3) is 2.81. The SMILES string of the molecule is CCOc1nc(Cl)nc(Nc2ccc3sccc3c2)n1. The summed E-state index contributed by atoms with van der Waals surface area (Å²) in [6, 6.07) is 8.33. The molecule has 0 saturated carbocycles. The van der Waals surface area contributed by atoms with Gasteiger partial charge in [-0.15, -0.1) is 11.3 Å². The van der Waals surface area contributed by atoms with Gasteiger partial charge < -0.3 is 10.1 Å². The molecule has 0 radical (unpaired) electrons.